The number of halogens is 2. The molecule has 2 rings (SSSR count). The predicted molar refractivity (Wildman–Crippen MR) is 69.0 cm³/mol. The van der Waals surface area contributed by atoms with Crippen LogP contribution in [-0.4, -0.2) is 10.1 Å². The number of hydrogen-bond donors (Lipinski definition) is 1. The van der Waals surface area contributed by atoms with E-state index in [-0.39, 0.29) is 6.42 Å². The number of aromatic nitrogens is 1. The molecule has 1 unspecified atom stereocenters. The fourth-order valence-electron chi connectivity index (χ4n) is 1.75. The highest BCUT2D eigenvalue weighted by Crippen LogP contribution is 2.21. The monoisotopic (exact) mass is 265 g/mol. The van der Waals surface area contributed by atoms with Crippen molar-refractivity contribution in [2.75, 3.05) is 0 Å². The van der Waals surface area contributed by atoms with Crippen LogP contribution in [-0.2, 0) is 6.42 Å². The van der Waals surface area contributed by atoms with Crippen molar-refractivity contribution < 1.29 is 9.50 Å². The molecule has 1 aromatic heterocycles. The van der Waals surface area contributed by atoms with Crippen LogP contribution in [0.5, 0.6) is 0 Å². The molecular formula is C14H13ClFNO. The van der Waals surface area contributed by atoms with Crippen LogP contribution in [0.1, 0.15) is 23.1 Å². The Bertz CT molecular complexity index is 559. The van der Waals surface area contributed by atoms with Gasteiger partial charge in [-0.3, -0.25) is 4.98 Å². The first-order chi connectivity index (χ1) is 8.56. The lowest BCUT2D eigenvalue weighted by Crippen LogP contribution is -2.06. The zero-order valence-corrected chi connectivity index (χ0v) is 10.7. The summed E-state index contributed by atoms with van der Waals surface area (Å²) in [5, 5.41) is 10.4. The second-order valence-electron chi connectivity index (χ2n) is 4.16. The van der Waals surface area contributed by atoms with Gasteiger partial charge >= 0.3 is 0 Å². The van der Waals surface area contributed by atoms with Crippen LogP contribution in [0.25, 0.3) is 0 Å². The average Bonchev–Trinajstić information content (AvgIpc) is 2.32. The van der Waals surface area contributed by atoms with Crippen LogP contribution in [0, 0.1) is 12.7 Å². The standard InChI is InChI=1S/C14H13ClFNO/c1-9-3-2-4-13(17-9)14(18)7-10-5-6-11(15)8-12(10)16/h2-6,8,14,18H,7H2,1H3. The third kappa shape index (κ3) is 3.06. The van der Waals surface area contributed by atoms with Crippen LogP contribution in [0.4, 0.5) is 4.39 Å². The normalized spacial score (nSPS) is 12.4. The summed E-state index contributed by atoms with van der Waals surface area (Å²) in [5.41, 5.74) is 1.79. The second-order valence-corrected chi connectivity index (χ2v) is 4.60. The Kier molecular flexibility index (Phi) is 3.94. The van der Waals surface area contributed by atoms with Crippen molar-refractivity contribution in [1.82, 2.24) is 4.98 Å². The third-order valence-electron chi connectivity index (χ3n) is 2.68. The molecule has 1 N–H and O–H groups in total. The zero-order chi connectivity index (χ0) is 13.1. The number of nitrogens with zero attached hydrogens (tertiary/aromatic N) is 1. The summed E-state index contributed by atoms with van der Waals surface area (Å²) in [6.45, 7) is 1.85. The molecule has 0 fully saturated rings. The maximum Gasteiger partial charge on any atom is 0.127 e. The molecule has 2 aromatic rings. The van der Waals surface area contributed by atoms with Crippen LogP contribution in [0.3, 0.4) is 0 Å². The Morgan fingerprint density at radius 2 is 2.11 bits per heavy atom. The van der Waals surface area contributed by atoms with E-state index in [9.17, 15) is 9.50 Å². The van der Waals surface area contributed by atoms with Crippen molar-refractivity contribution in [3.63, 3.8) is 0 Å². The number of aryl methyl sites for hydroxylation is 1. The van der Waals surface area contributed by atoms with Gasteiger partial charge in [-0.05, 0) is 36.8 Å². The predicted octanol–water partition coefficient (Wildman–Crippen LogP) is 3.46. The van der Waals surface area contributed by atoms with Gasteiger partial charge in [-0.15, -0.1) is 0 Å². The molecule has 0 spiro atoms. The minimum absolute atomic E-state index is 0.180. The van der Waals surface area contributed by atoms with Gasteiger partial charge in [-0.2, -0.15) is 0 Å². The molecule has 0 aliphatic carbocycles. The van der Waals surface area contributed by atoms with Crippen LogP contribution in [0.15, 0.2) is 36.4 Å². The van der Waals surface area contributed by atoms with Gasteiger partial charge in [-0.1, -0.05) is 23.7 Å². The van der Waals surface area contributed by atoms with Gasteiger partial charge in [-0.25, -0.2) is 4.39 Å². The quantitative estimate of drug-likeness (QED) is 0.922. The number of benzene rings is 1. The minimum atomic E-state index is -0.819. The highest BCUT2D eigenvalue weighted by Gasteiger charge is 2.13. The van der Waals surface area contributed by atoms with Crippen molar-refractivity contribution in [2.45, 2.75) is 19.4 Å². The van der Waals surface area contributed by atoms with Crippen molar-refractivity contribution in [2.24, 2.45) is 0 Å². The Hall–Kier alpha value is -1.45. The molecule has 0 bridgehead atoms. The lowest BCUT2D eigenvalue weighted by molar-refractivity contribution is 0.172. The molecule has 0 radical (unpaired) electrons. The summed E-state index contributed by atoms with van der Waals surface area (Å²) in [6.07, 6.45) is -0.639. The fourth-order valence-corrected chi connectivity index (χ4v) is 1.91. The maximum atomic E-state index is 13.6. The SMILES string of the molecule is Cc1cccc(C(O)Cc2ccc(Cl)cc2F)n1. The first-order valence-corrected chi connectivity index (χ1v) is 5.99. The molecule has 94 valence electrons. The molecule has 0 saturated carbocycles. The molecule has 0 amide bonds. The number of hydrogen-bond acceptors (Lipinski definition) is 2. The van der Waals surface area contributed by atoms with E-state index in [1.807, 2.05) is 19.1 Å². The fraction of sp³-hybridized carbons (Fsp3) is 0.214. The molecule has 4 heteroatoms. The minimum Gasteiger partial charge on any atom is -0.386 e. The van der Waals surface area contributed by atoms with Gasteiger partial charge in [0.2, 0.25) is 0 Å². The molecule has 2 nitrogen and oxygen atoms in total. The van der Waals surface area contributed by atoms with Gasteiger partial charge in [0.25, 0.3) is 0 Å². The number of aliphatic hydroxyl groups is 1. The highest BCUT2D eigenvalue weighted by atomic mass is 35.5. The van der Waals surface area contributed by atoms with Gasteiger partial charge in [0, 0.05) is 17.1 Å². The van der Waals surface area contributed by atoms with Crippen molar-refractivity contribution in [1.29, 1.82) is 0 Å². The van der Waals surface area contributed by atoms with E-state index in [1.165, 1.54) is 6.07 Å². The van der Waals surface area contributed by atoms with Gasteiger partial charge in [0.15, 0.2) is 0 Å². The highest BCUT2D eigenvalue weighted by molar-refractivity contribution is 6.30. The van der Waals surface area contributed by atoms with E-state index in [0.29, 0.717) is 16.3 Å². The zero-order valence-electron chi connectivity index (χ0n) is 9.90. The Labute approximate surface area is 110 Å². The summed E-state index contributed by atoms with van der Waals surface area (Å²) in [7, 11) is 0. The molecule has 1 atom stereocenters. The van der Waals surface area contributed by atoms with Crippen LogP contribution >= 0.6 is 11.6 Å². The lowest BCUT2D eigenvalue weighted by atomic mass is 10.0. The molecular weight excluding hydrogens is 253 g/mol. The summed E-state index contributed by atoms with van der Waals surface area (Å²) in [4.78, 5) is 4.22. The molecule has 0 aliphatic rings. The van der Waals surface area contributed by atoms with Crippen LogP contribution in [0.2, 0.25) is 5.02 Å². The van der Waals surface area contributed by atoms with Gasteiger partial charge < -0.3 is 5.11 Å². The van der Waals surface area contributed by atoms with Gasteiger partial charge in [0.1, 0.15) is 11.9 Å². The first kappa shape index (κ1) is 13.0. The summed E-state index contributed by atoms with van der Waals surface area (Å²) < 4.78 is 13.6. The maximum absolute atomic E-state index is 13.6. The topological polar surface area (TPSA) is 33.1 Å². The van der Waals surface area contributed by atoms with E-state index < -0.39 is 11.9 Å². The van der Waals surface area contributed by atoms with Crippen LogP contribution < -0.4 is 0 Å². The molecule has 1 aromatic carbocycles. The van der Waals surface area contributed by atoms with Crippen molar-refractivity contribution in [3.05, 3.63) is 64.2 Å². The smallest absolute Gasteiger partial charge is 0.127 e. The first-order valence-electron chi connectivity index (χ1n) is 5.62. The van der Waals surface area contributed by atoms with Crippen molar-refractivity contribution >= 4 is 11.6 Å². The molecule has 0 aliphatic heterocycles. The van der Waals surface area contributed by atoms with E-state index in [4.69, 9.17) is 11.6 Å². The molecule has 0 saturated heterocycles. The third-order valence-corrected chi connectivity index (χ3v) is 2.91. The largest absolute Gasteiger partial charge is 0.386 e. The van der Waals surface area contributed by atoms with E-state index in [2.05, 4.69) is 4.98 Å². The number of rotatable bonds is 3. The van der Waals surface area contributed by atoms with Crippen molar-refractivity contribution in [3.8, 4) is 0 Å². The average molecular weight is 266 g/mol. The van der Waals surface area contributed by atoms with Gasteiger partial charge in [0.05, 0.1) is 5.69 Å². The summed E-state index contributed by atoms with van der Waals surface area (Å²) in [6, 6.07) is 9.82. The van der Waals surface area contributed by atoms with E-state index in [1.54, 1.807) is 18.2 Å². The number of aliphatic hydroxyl groups excluding tert-OH is 1. The Morgan fingerprint density at radius 3 is 2.78 bits per heavy atom. The lowest BCUT2D eigenvalue weighted by Gasteiger charge is -2.11. The molecule has 1 heterocycles. The second kappa shape index (κ2) is 5.46. The Morgan fingerprint density at radius 1 is 1.33 bits per heavy atom. The van der Waals surface area contributed by atoms with E-state index >= 15 is 0 Å². The Balaban J connectivity index is 2.18. The summed E-state index contributed by atoms with van der Waals surface area (Å²) >= 11 is 5.68. The molecule has 18 heavy (non-hydrogen) atoms. The summed E-state index contributed by atoms with van der Waals surface area (Å²) in [5.74, 6) is -0.408. The number of pyridine rings is 1. The van der Waals surface area contributed by atoms with E-state index in [0.717, 1.165) is 5.69 Å².